The van der Waals surface area contributed by atoms with Crippen LogP contribution in [0.2, 0.25) is 0 Å². The van der Waals surface area contributed by atoms with Crippen molar-refractivity contribution in [1.82, 2.24) is 4.90 Å². The molecule has 0 aromatic rings. The second-order valence-electron chi connectivity index (χ2n) is 8.52. The van der Waals surface area contributed by atoms with Gasteiger partial charge in [0, 0.05) is 20.0 Å². The SMILES string of the molecule is CN1CCC/C1=N/S(=O)(=O)OC[C@@]12OC[C@H]3OC(C)(C)O[C@H]3[C@@H]1OC(C)(C)O2. The van der Waals surface area contributed by atoms with Crippen LogP contribution in [-0.2, 0) is 38.2 Å². The van der Waals surface area contributed by atoms with E-state index in [0.29, 0.717) is 12.3 Å². The average molecular weight is 420 g/mol. The summed E-state index contributed by atoms with van der Waals surface area (Å²) < 4.78 is 63.6. The molecule has 4 saturated heterocycles. The Kier molecular flexibility index (Phi) is 4.82. The van der Waals surface area contributed by atoms with E-state index in [-0.39, 0.29) is 12.7 Å². The van der Waals surface area contributed by atoms with Gasteiger partial charge in [0.1, 0.15) is 30.8 Å². The van der Waals surface area contributed by atoms with Crippen LogP contribution in [0.25, 0.3) is 0 Å². The fraction of sp³-hybridized carbons (Fsp3) is 0.941. The molecule has 28 heavy (non-hydrogen) atoms. The Bertz CT molecular complexity index is 767. The number of nitrogens with zero attached hydrogens (tertiary/aromatic N) is 2. The van der Waals surface area contributed by atoms with Gasteiger partial charge in [0.15, 0.2) is 11.6 Å². The summed E-state index contributed by atoms with van der Waals surface area (Å²) in [5, 5.41) is 0. The molecule has 4 heterocycles. The van der Waals surface area contributed by atoms with E-state index in [4.69, 9.17) is 27.9 Å². The Labute approximate surface area is 165 Å². The minimum Gasteiger partial charge on any atom is -0.362 e. The summed E-state index contributed by atoms with van der Waals surface area (Å²) in [5.41, 5.74) is 0. The molecule has 11 heteroatoms. The van der Waals surface area contributed by atoms with Crippen molar-refractivity contribution in [2.24, 2.45) is 4.40 Å². The van der Waals surface area contributed by atoms with Crippen molar-refractivity contribution in [2.75, 3.05) is 26.8 Å². The quantitative estimate of drug-likeness (QED) is 0.652. The molecule has 0 radical (unpaired) electrons. The monoisotopic (exact) mass is 420 g/mol. The number of rotatable bonds is 4. The molecule has 0 N–H and O–H groups in total. The molecule has 0 aromatic heterocycles. The zero-order valence-electron chi connectivity index (χ0n) is 16.8. The van der Waals surface area contributed by atoms with Gasteiger partial charge in [-0.05, 0) is 34.1 Å². The number of fused-ring (bicyclic) bond motifs is 3. The number of amidine groups is 1. The first-order chi connectivity index (χ1) is 12.9. The van der Waals surface area contributed by atoms with Gasteiger partial charge in [-0.25, -0.2) is 4.18 Å². The summed E-state index contributed by atoms with van der Waals surface area (Å²) in [4.78, 5) is 1.80. The lowest BCUT2D eigenvalue weighted by Gasteiger charge is -2.40. The largest absolute Gasteiger partial charge is 0.382 e. The van der Waals surface area contributed by atoms with Gasteiger partial charge in [0.25, 0.3) is 0 Å². The highest BCUT2D eigenvalue weighted by molar-refractivity contribution is 7.85. The topological polar surface area (TPSA) is 105 Å². The van der Waals surface area contributed by atoms with Gasteiger partial charge >= 0.3 is 10.3 Å². The van der Waals surface area contributed by atoms with Crippen molar-refractivity contribution < 1.29 is 36.3 Å². The standard InChI is InChI=1S/C17H28N2O8S/c1-15(2)24-11-9-22-17(14(13(11)25-15)26-16(3,4)27-17)10-23-28(20,21)18-12-7-6-8-19(12)5/h11,13-14H,6-10H2,1-5H3/b18-12-/t11-,13-,14+,17+/m1/s1. The third-order valence-electron chi connectivity index (χ3n) is 5.24. The first kappa shape index (κ1) is 20.5. The van der Waals surface area contributed by atoms with E-state index < -0.39 is 46.5 Å². The summed E-state index contributed by atoms with van der Waals surface area (Å²) in [5.74, 6) is -2.74. The van der Waals surface area contributed by atoms with Crippen molar-refractivity contribution in [3.8, 4) is 0 Å². The zero-order chi connectivity index (χ0) is 20.4. The first-order valence-corrected chi connectivity index (χ1v) is 10.8. The van der Waals surface area contributed by atoms with Crippen molar-refractivity contribution in [3.05, 3.63) is 0 Å². The van der Waals surface area contributed by atoms with E-state index in [9.17, 15) is 8.42 Å². The highest BCUT2D eigenvalue weighted by Gasteiger charge is 2.65. The zero-order valence-corrected chi connectivity index (χ0v) is 17.7. The van der Waals surface area contributed by atoms with E-state index in [1.54, 1.807) is 25.8 Å². The van der Waals surface area contributed by atoms with E-state index in [1.165, 1.54) is 0 Å². The molecule has 160 valence electrons. The van der Waals surface area contributed by atoms with Crippen LogP contribution in [-0.4, -0.2) is 81.6 Å². The van der Waals surface area contributed by atoms with Gasteiger partial charge in [0.2, 0.25) is 5.79 Å². The van der Waals surface area contributed by atoms with Gasteiger partial charge in [0.05, 0.1) is 6.61 Å². The lowest BCUT2D eigenvalue weighted by atomic mass is 9.98. The normalized spacial score (nSPS) is 40.7. The number of ether oxygens (including phenoxy) is 5. The van der Waals surface area contributed by atoms with Crippen LogP contribution < -0.4 is 0 Å². The molecular formula is C17H28N2O8S. The predicted octanol–water partition coefficient (Wildman–Crippen LogP) is 0.770. The van der Waals surface area contributed by atoms with Crippen LogP contribution in [0.3, 0.4) is 0 Å². The van der Waals surface area contributed by atoms with E-state index in [0.717, 1.165) is 13.0 Å². The Hall–Kier alpha value is -0.820. The van der Waals surface area contributed by atoms with Gasteiger partial charge in [-0.1, -0.05) is 0 Å². The Balaban J connectivity index is 1.54. The number of hydrogen-bond acceptors (Lipinski definition) is 8. The Morgan fingerprint density at radius 2 is 1.93 bits per heavy atom. The fourth-order valence-electron chi connectivity index (χ4n) is 4.17. The summed E-state index contributed by atoms with van der Waals surface area (Å²) in [6.45, 7) is 7.63. The summed E-state index contributed by atoms with van der Waals surface area (Å²) >= 11 is 0. The van der Waals surface area contributed by atoms with Crippen molar-refractivity contribution in [2.45, 2.75) is 76.2 Å². The minimum absolute atomic E-state index is 0.171. The van der Waals surface area contributed by atoms with Crippen LogP contribution in [0, 0.1) is 0 Å². The summed E-state index contributed by atoms with van der Waals surface area (Å²) in [7, 11) is -2.36. The molecule has 4 rings (SSSR count). The maximum absolute atomic E-state index is 12.4. The maximum Gasteiger partial charge on any atom is 0.382 e. The summed E-state index contributed by atoms with van der Waals surface area (Å²) in [6.07, 6.45) is -0.0554. The van der Waals surface area contributed by atoms with Crippen LogP contribution >= 0.6 is 0 Å². The fourth-order valence-corrected chi connectivity index (χ4v) is 5.02. The molecule has 0 saturated carbocycles. The van der Waals surface area contributed by atoms with Gasteiger partial charge < -0.3 is 28.6 Å². The molecule has 0 amide bonds. The lowest BCUT2D eigenvalue weighted by molar-refractivity contribution is -0.290. The van der Waals surface area contributed by atoms with Crippen LogP contribution in [0.1, 0.15) is 40.5 Å². The van der Waals surface area contributed by atoms with Crippen LogP contribution in [0.15, 0.2) is 4.40 Å². The highest BCUT2D eigenvalue weighted by atomic mass is 32.2. The van der Waals surface area contributed by atoms with Crippen molar-refractivity contribution in [1.29, 1.82) is 0 Å². The van der Waals surface area contributed by atoms with Crippen molar-refractivity contribution >= 4 is 16.1 Å². The smallest absolute Gasteiger partial charge is 0.362 e. The molecule has 4 aliphatic heterocycles. The second kappa shape index (κ2) is 6.59. The molecule has 10 nitrogen and oxygen atoms in total. The highest BCUT2D eigenvalue weighted by Crippen LogP contribution is 2.47. The maximum atomic E-state index is 12.4. The summed E-state index contributed by atoms with van der Waals surface area (Å²) in [6, 6.07) is 0. The van der Waals surface area contributed by atoms with Gasteiger partial charge in [-0.3, -0.25) is 0 Å². The average Bonchev–Trinajstić information content (AvgIpc) is 3.18. The molecule has 0 unspecified atom stereocenters. The van der Waals surface area contributed by atoms with E-state index in [1.807, 2.05) is 13.8 Å². The lowest BCUT2D eigenvalue weighted by Crippen LogP contribution is -2.60. The first-order valence-electron chi connectivity index (χ1n) is 9.47. The van der Waals surface area contributed by atoms with Crippen LogP contribution in [0.4, 0.5) is 0 Å². The number of hydrogen-bond donors (Lipinski definition) is 0. The Morgan fingerprint density at radius 1 is 1.18 bits per heavy atom. The third kappa shape index (κ3) is 3.81. The second-order valence-corrected chi connectivity index (χ2v) is 9.80. The molecule has 0 bridgehead atoms. The molecule has 0 aliphatic carbocycles. The molecule has 4 fully saturated rings. The van der Waals surface area contributed by atoms with Crippen molar-refractivity contribution in [3.63, 3.8) is 0 Å². The van der Waals surface area contributed by atoms with E-state index >= 15 is 0 Å². The third-order valence-corrected chi connectivity index (χ3v) is 6.09. The molecule has 0 spiro atoms. The predicted molar refractivity (Wildman–Crippen MR) is 96.7 cm³/mol. The molecule has 4 atom stereocenters. The molecule has 0 aromatic carbocycles. The minimum atomic E-state index is -4.16. The van der Waals surface area contributed by atoms with Gasteiger partial charge in [-0.15, -0.1) is 4.40 Å². The molecular weight excluding hydrogens is 392 g/mol. The van der Waals surface area contributed by atoms with Crippen LogP contribution in [0.5, 0.6) is 0 Å². The molecule has 4 aliphatic rings. The van der Waals surface area contributed by atoms with E-state index in [2.05, 4.69) is 4.40 Å². The Morgan fingerprint density at radius 3 is 2.61 bits per heavy atom. The van der Waals surface area contributed by atoms with Gasteiger partial charge in [-0.2, -0.15) is 8.42 Å². The number of likely N-dealkylation sites (tertiary alicyclic amines) is 1.